The van der Waals surface area contributed by atoms with Crippen molar-refractivity contribution >= 4 is 5.91 Å². The smallest absolute Gasteiger partial charge is 0.267 e. The molecule has 1 heterocycles. The number of amides is 1. The predicted octanol–water partition coefficient (Wildman–Crippen LogP) is 2.72. The van der Waals surface area contributed by atoms with Gasteiger partial charge in [-0.05, 0) is 36.5 Å². The summed E-state index contributed by atoms with van der Waals surface area (Å²) in [4.78, 5) is 15.7. The summed E-state index contributed by atoms with van der Waals surface area (Å²) in [5.41, 5.74) is 8.73. The predicted molar refractivity (Wildman–Crippen MR) is 70.2 cm³/mol. The number of primary amides is 1. The Hall–Kier alpha value is -2.16. The van der Waals surface area contributed by atoms with E-state index in [4.69, 9.17) is 5.73 Å². The molecule has 1 saturated carbocycles. The number of pyridine rings is 1. The molecule has 1 aliphatic rings. The Bertz CT molecular complexity index is 589. The van der Waals surface area contributed by atoms with Crippen LogP contribution in [0.25, 0.3) is 11.3 Å². The van der Waals surface area contributed by atoms with Crippen LogP contribution in [0.1, 0.15) is 34.8 Å². The SMILES string of the molecule is NC(=O)c1cc(C2CC2)cc(-c2ccccc2)n1. The molecule has 3 rings (SSSR count). The fourth-order valence-electron chi connectivity index (χ4n) is 2.09. The van der Waals surface area contributed by atoms with E-state index in [1.54, 1.807) is 0 Å². The van der Waals surface area contributed by atoms with E-state index in [2.05, 4.69) is 11.1 Å². The lowest BCUT2D eigenvalue weighted by molar-refractivity contribution is 0.0995. The monoisotopic (exact) mass is 238 g/mol. The fourth-order valence-corrected chi connectivity index (χ4v) is 2.09. The Morgan fingerprint density at radius 1 is 1.17 bits per heavy atom. The maximum atomic E-state index is 11.3. The molecule has 3 heteroatoms. The summed E-state index contributed by atoms with van der Waals surface area (Å²) in [5.74, 6) is 0.114. The van der Waals surface area contributed by atoms with Crippen LogP contribution in [-0.4, -0.2) is 10.9 Å². The standard InChI is InChI=1S/C15H14N2O/c16-15(18)14-9-12(10-6-7-10)8-13(17-14)11-4-2-1-3-5-11/h1-5,8-10H,6-7H2,(H2,16,18). The minimum Gasteiger partial charge on any atom is -0.364 e. The van der Waals surface area contributed by atoms with Gasteiger partial charge in [-0.15, -0.1) is 0 Å². The molecule has 1 aromatic heterocycles. The molecule has 90 valence electrons. The van der Waals surface area contributed by atoms with Gasteiger partial charge in [0.15, 0.2) is 0 Å². The number of nitrogens with two attached hydrogens (primary N) is 1. The lowest BCUT2D eigenvalue weighted by Gasteiger charge is -2.06. The number of benzene rings is 1. The summed E-state index contributed by atoms with van der Waals surface area (Å²) in [6, 6.07) is 13.8. The molecule has 3 nitrogen and oxygen atoms in total. The third-order valence-electron chi connectivity index (χ3n) is 3.22. The topological polar surface area (TPSA) is 56.0 Å². The van der Waals surface area contributed by atoms with Gasteiger partial charge in [0.05, 0.1) is 5.69 Å². The molecular formula is C15H14N2O. The molecule has 0 radical (unpaired) electrons. The van der Waals surface area contributed by atoms with Gasteiger partial charge < -0.3 is 5.73 Å². The lowest BCUT2D eigenvalue weighted by atomic mass is 10.1. The van der Waals surface area contributed by atoms with Crippen molar-refractivity contribution in [1.82, 2.24) is 4.98 Å². The fraction of sp³-hybridized carbons (Fsp3) is 0.200. The van der Waals surface area contributed by atoms with Gasteiger partial charge in [0.1, 0.15) is 5.69 Å². The maximum Gasteiger partial charge on any atom is 0.267 e. The lowest BCUT2D eigenvalue weighted by Crippen LogP contribution is -2.13. The molecule has 0 unspecified atom stereocenters. The van der Waals surface area contributed by atoms with Gasteiger partial charge >= 0.3 is 0 Å². The molecule has 0 atom stereocenters. The van der Waals surface area contributed by atoms with Crippen molar-refractivity contribution in [3.8, 4) is 11.3 Å². The number of carbonyl (C=O) groups excluding carboxylic acids is 1. The van der Waals surface area contributed by atoms with Crippen LogP contribution in [0.2, 0.25) is 0 Å². The molecule has 1 aliphatic carbocycles. The number of hydrogen-bond donors (Lipinski definition) is 1. The zero-order chi connectivity index (χ0) is 12.5. The van der Waals surface area contributed by atoms with Crippen molar-refractivity contribution < 1.29 is 4.79 Å². The van der Waals surface area contributed by atoms with Crippen LogP contribution in [-0.2, 0) is 0 Å². The van der Waals surface area contributed by atoms with Gasteiger partial charge in [0.25, 0.3) is 5.91 Å². The highest BCUT2D eigenvalue weighted by Gasteiger charge is 2.25. The molecular weight excluding hydrogens is 224 g/mol. The zero-order valence-electron chi connectivity index (χ0n) is 9.97. The zero-order valence-corrected chi connectivity index (χ0v) is 9.97. The first-order valence-electron chi connectivity index (χ1n) is 6.11. The number of carbonyl (C=O) groups is 1. The highest BCUT2D eigenvalue weighted by Crippen LogP contribution is 2.41. The van der Waals surface area contributed by atoms with Crippen LogP contribution in [0.4, 0.5) is 0 Å². The molecule has 2 aromatic rings. The van der Waals surface area contributed by atoms with Crippen molar-refractivity contribution in [3.05, 3.63) is 53.7 Å². The first-order chi connectivity index (χ1) is 8.74. The Balaban J connectivity index is 2.11. The van der Waals surface area contributed by atoms with Crippen molar-refractivity contribution in [2.45, 2.75) is 18.8 Å². The highest BCUT2D eigenvalue weighted by molar-refractivity contribution is 5.91. The van der Waals surface area contributed by atoms with Gasteiger partial charge in [-0.3, -0.25) is 4.79 Å². The normalized spacial score (nSPS) is 14.4. The van der Waals surface area contributed by atoms with Gasteiger partial charge in [-0.1, -0.05) is 30.3 Å². The molecule has 0 saturated heterocycles. The summed E-state index contributed by atoms with van der Waals surface area (Å²) < 4.78 is 0. The van der Waals surface area contributed by atoms with E-state index in [1.165, 1.54) is 18.4 Å². The third kappa shape index (κ3) is 2.12. The van der Waals surface area contributed by atoms with Gasteiger partial charge in [0, 0.05) is 5.56 Å². The summed E-state index contributed by atoms with van der Waals surface area (Å²) in [6.07, 6.45) is 2.38. The van der Waals surface area contributed by atoms with Gasteiger partial charge in [0.2, 0.25) is 0 Å². The number of hydrogen-bond acceptors (Lipinski definition) is 2. The summed E-state index contributed by atoms with van der Waals surface area (Å²) in [6.45, 7) is 0. The van der Waals surface area contributed by atoms with Crippen molar-refractivity contribution in [2.75, 3.05) is 0 Å². The first-order valence-corrected chi connectivity index (χ1v) is 6.11. The number of rotatable bonds is 3. The van der Waals surface area contributed by atoms with Crippen LogP contribution < -0.4 is 5.73 Å². The molecule has 2 N–H and O–H groups in total. The minimum absolute atomic E-state index is 0.359. The average Bonchev–Trinajstić information content (AvgIpc) is 3.23. The van der Waals surface area contributed by atoms with E-state index in [0.717, 1.165) is 11.3 Å². The van der Waals surface area contributed by atoms with E-state index >= 15 is 0 Å². The maximum absolute atomic E-state index is 11.3. The average molecular weight is 238 g/mol. The van der Waals surface area contributed by atoms with Crippen molar-refractivity contribution in [3.63, 3.8) is 0 Å². The molecule has 1 aromatic carbocycles. The first kappa shape index (κ1) is 11.0. The second kappa shape index (κ2) is 4.26. The summed E-state index contributed by atoms with van der Waals surface area (Å²) in [5, 5.41) is 0. The van der Waals surface area contributed by atoms with Crippen LogP contribution in [0.5, 0.6) is 0 Å². The van der Waals surface area contributed by atoms with Crippen LogP contribution >= 0.6 is 0 Å². The molecule has 1 fully saturated rings. The molecule has 18 heavy (non-hydrogen) atoms. The Kier molecular flexibility index (Phi) is 2.59. The van der Waals surface area contributed by atoms with E-state index in [0.29, 0.717) is 11.6 Å². The quantitative estimate of drug-likeness (QED) is 0.893. The van der Waals surface area contributed by atoms with E-state index in [-0.39, 0.29) is 0 Å². The van der Waals surface area contributed by atoms with Crippen LogP contribution in [0.3, 0.4) is 0 Å². The van der Waals surface area contributed by atoms with Crippen LogP contribution in [0.15, 0.2) is 42.5 Å². The Labute approximate surface area is 106 Å². The number of aromatic nitrogens is 1. The second-order valence-electron chi connectivity index (χ2n) is 4.68. The Morgan fingerprint density at radius 2 is 1.89 bits per heavy atom. The van der Waals surface area contributed by atoms with E-state index < -0.39 is 5.91 Å². The third-order valence-corrected chi connectivity index (χ3v) is 3.22. The van der Waals surface area contributed by atoms with Gasteiger partial charge in [-0.25, -0.2) is 4.98 Å². The van der Waals surface area contributed by atoms with Crippen molar-refractivity contribution in [2.24, 2.45) is 5.73 Å². The molecule has 0 bridgehead atoms. The van der Waals surface area contributed by atoms with Crippen LogP contribution in [0, 0.1) is 0 Å². The van der Waals surface area contributed by atoms with Crippen molar-refractivity contribution in [1.29, 1.82) is 0 Å². The van der Waals surface area contributed by atoms with E-state index in [1.807, 2.05) is 36.4 Å². The molecule has 0 aliphatic heterocycles. The number of nitrogens with zero attached hydrogens (tertiary/aromatic N) is 1. The molecule has 0 spiro atoms. The summed E-state index contributed by atoms with van der Waals surface area (Å²) in [7, 11) is 0. The summed E-state index contributed by atoms with van der Waals surface area (Å²) >= 11 is 0. The van der Waals surface area contributed by atoms with Gasteiger partial charge in [-0.2, -0.15) is 0 Å². The minimum atomic E-state index is -0.463. The largest absolute Gasteiger partial charge is 0.364 e. The van der Waals surface area contributed by atoms with E-state index in [9.17, 15) is 4.79 Å². The Morgan fingerprint density at radius 3 is 2.50 bits per heavy atom. The second-order valence-corrected chi connectivity index (χ2v) is 4.68. The highest BCUT2D eigenvalue weighted by atomic mass is 16.1. The molecule has 1 amide bonds.